The first-order valence-corrected chi connectivity index (χ1v) is 6.63. The summed E-state index contributed by atoms with van der Waals surface area (Å²) in [7, 11) is 0. The first-order valence-electron chi connectivity index (χ1n) is 6.63. The van der Waals surface area contributed by atoms with Gasteiger partial charge in [0.1, 0.15) is 11.0 Å². The van der Waals surface area contributed by atoms with Gasteiger partial charge in [0.15, 0.2) is 0 Å². The van der Waals surface area contributed by atoms with Gasteiger partial charge < -0.3 is 9.13 Å². The fourth-order valence-corrected chi connectivity index (χ4v) is 2.62. The Kier molecular flexibility index (Phi) is 2.66. The molecular weight excluding hydrogens is 238 g/mol. The van der Waals surface area contributed by atoms with Crippen LogP contribution in [0.25, 0.3) is 21.9 Å². The lowest BCUT2D eigenvalue weighted by molar-refractivity contribution is 0.612. The van der Waals surface area contributed by atoms with Crippen LogP contribution in [0.1, 0.15) is 26.8 Å². The maximum absolute atomic E-state index is 12.7. The normalized spacial score (nSPS) is 11.8. The zero-order valence-electron chi connectivity index (χ0n) is 11.4. The van der Waals surface area contributed by atoms with E-state index >= 15 is 0 Å². The topological polar surface area (TPSA) is 39.8 Å². The van der Waals surface area contributed by atoms with Crippen molar-refractivity contribution in [3.63, 3.8) is 0 Å². The number of imidazole rings is 1. The van der Waals surface area contributed by atoms with E-state index < -0.39 is 0 Å². The quantitative estimate of drug-likeness (QED) is 0.706. The summed E-state index contributed by atoms with van der Waals surface area (Å²) in [4.78, 5) is 17.1. The fourth-order valence-electron chi connectivity index (χ4n) is 2.62. The third-order valence-corrected chi connectivity index (χ3v) is 3.56. The molecule has 3 aromatic rings. The number of nitrogens with zero attached hydrogens (tertiary/aromatic N) is 3. The van der Waals surface area contributed by atoms with E-state index in [1.54, 1.807) is 6.33 Å². The van der Waals surface area contributed by atoms with Gasteiger partial charge in [0.25, 0.3) is 5.56 Å². The summed E-state index contributed by atoms with van der Waals surface area (Å²) in [6.45, 7) is 6.78. The van der Waals surface area contributed by atoms with E-state index in [-0.39, 0.29) is 11.6 Å². The molecule has 2 heterocycles. The standard InChI is InChI=1S/C15H17N3O/c1-4-17-12-8-6-5-7-11(12)13-14(15(17)19)18(9-16-13)10(2)3/h5-10H,4H2,1-3H3. The Balaban J connectivity index is 2.60. The minimum atomic E-state index is 0.0439. The van der Waals surface area contributed by atoms with E-state index in [9.17, 15) is 4.79 Å². The molecule has 0 amide bonds. The van der Waals surface area contributed by atoms with Crippen LogP contribution in [0.4, 0.5) is 0 Å². The Labute approximate surface area is 111 Å². The number of para-hydroxylation sites is 1. The number of aryl methyl sites for hydroxylation is 1. The summed E-state index contributed by atoms with van der Waals surface area (Å²) in [5.41, 5.74) is 2.51. The van der Waals surface area contributed by atoms with Crippen molar-refractivity contribution in [2.24, 2.45) is 0 Å². The summed E-state index contributed by atoms with van der Waals surface area (Å²) in [6, 6.07) is 8.18. The fraction of sp³-hybridized carbons (Fsp3) is 0.333. The third-order valence-electron chi connectivity index (χ3n) is 3.56. The molecule has 0 atom stereocenters. The molecule has 0 N–H and O–H groups in total. The average Bonchev–Trinajstić information content (AvgIpc) is 2.85. The van der Waals surface area contributed by atoms with Gasteiger partial charge >= 0.3 is 0 Å². The van der Waals surface area contributed by atoms with Crippen LogP contribution in [0.15, 0.2) is 35.4 Å². The molecule has 0 saturated carbocycles. The molecule has 0 fully saturated rings. The highest BCUT2D eigenvalue weighted by Crippen LogP contribution is 2.23. The number of rotatable bonds is 2. The molecule has 0 aliphatic carbocycles. The predicted molar refractivity (Wildman–Crippen MR) is 77.6 cm³/mol. The SMILES string of the molecule is CCn1c(=O)c2c(ncn2C(C)C)c2ccccc21. The molecule has 4 nitrogen and oxygen atoms in total. The molecule has 3 rings (SSSR count). The molecule has 0 unspecified atom stereocenters. The lowest BCUT2D eigenvalue weighted by atomic mass is 10.2. The van der Waals surface area contributed by atoms with Gasteiger partial charge in [-0.2, -0.15) is 0 Å². The summed E-state index contributed by atoms with van der Waals surface area (Å²) >= 11 is 0. The van der Waals surface area contributed by atoms with E-state index in [0.717, 1.165) is 16.4 Å². The van der Waals surface area contributed by atoms with E-state index in [1.807, 2.05) is 40.3 Å². The van der Waals surface area contributed by atoms with Crippen molar-refractivity contribution in [1.29, 1.82) is 0 Å². The maximum atomic E-state index is 12.7. The van der Waals surface area contributed by atoms with Crippen molar-refractivity contribution in [3.8, 4) is 0 Å². The number of fused-ring (bicyclic) bond motifs is 3. The highest BCUT2D eigenvalue weighted by atomic mass is 16.1. The molecule has 0 bridgehead atoms. The smallest absolute Gasteiger partial charge is 0.277 e. The summed E-state index contributed by atoms with van der Waals surface area (Å²) < 4.78 is 3.77. The van der Waals surface area contributed by atoms with E-state index in [0.29, 0.717) is 12.1 Å². The molecule has 0 spiro atoms. The third kappa shape index (κ3) is 1.59. The van der Waals surface area contributed by atoms with Crippen LogP contribution in [0.5, 0.6) is 0 Å². The Morgan fingerprint density at radius 2 is 2.00 bits per heavy atom. The first-order chi connectivity index (χ1) is 9.15. The second-order valence-corrected chi connectivity index (χ2v) is 5.01. The highest BCUT2D eigenvalue weighted by molar-refractivity contribution is 6.02. The van der Waals surface area contributed by atoms with E-state index in [2.05, 4.69) is 18.8 Å². The molecule has 98 valence electrons. The molecule has 1 aromatic carbocycles. The molecule has 4 heteroatoms. The molecule has 19 heavy (non-hydrogen) atoms. The number of benzene rings is 1. The van der Waals surface area contributed by atoms with Crippen molar-refractivity contribution < 1.29 is 0 Å². The summed E-state index contributed by atoms with van der Waals surface area (Å²) in [5.74, 6) is 0. The number of aromatic nitrogens is 3. The van der Waals surface area contributed by atoms with Gasteiger partial charge in [-0.25, -0.2) is 4.98 Å². The Morgan fingerprint density at radius 3 is 2.68 bits per heavy atom. The number of pyridine rings is 1. The lowest BCUT2D eigenvalue weighted by Gasteiger charge is -2.12. The minimum absolute atomic E-state index is 0.0439. The van der Waals surface area contributed by atoms with Crippen LogP contribution in [0, 0.1) is 0 Å². The molecule has 0 aliphatic rings. The second kappa shape index (κ2) is 4.23. The van der Waals surface area contributed by atoms with Gasteiger partial charge in [-0.1, -0.05) is 18.2 Å². The average molecular weight is 255 g/mol. The van der Waals surface area contributed by atoms with Gasteiger partial charge in [-0.3, -0.25) is 4.79 Å². The van der Waals surface area contributed by atoms with Gasteiger partial charge in [-0.15, -0.1) is 0 Å². The molecular formula is C15H17N3O. The molecule has 2 aromatic heterocycles. The van der Waals surface area contributed by atoms with Crippen molar-refractivity contribution >= 4 is 21.9 Å². The van der Waals surface area contributed by atoms with Crippen molar-refractivity contribution in [3.05, 3.63) is 40.9 Å². The minimum Gasteiger partial charge on any atom is -0.323 e. The molecule has 0 aliphatic heterocycles. The predicted octanol–water partition coefficient (Wildman–Crippen LogP) is 2.95. The Morgan fingerprint density at radius 1 is 1.26 bits per heavy atom. The zero-order valence-corrected chi connectivity index (χ0v) is 11.4. The van der Waals surface area contributed by atoms with Crippen LogP contribution in [0.2, 0.25) is 0 Å². The van der Waals surface area contributed by atoms with Crippen LogP contribution >= 0.6 is 0 Å². The first kappa shape index (κ1) is 12.0. The van der Waals surface area contributed by atoms with E-state index in [1.165, 1.54) is 0 Å². The Hall–Kier alpha value is -2.10. The van der Waals surface area contributed by atoms with Crippen LogP contribution < -0.4 is 5.56 Å². The summed E-state index contributed by atoms with van der Waals surface area (Å²) in [6.07, 6.45) is 1.77. The van der Waals surface area contributed by atoms with Crippen molar-refractivity contribution in [1.82, 2.24) is 14.1 Å². The maximum Gasteiger partial charge on any atom is 0.277 e. The van der Waals surface area contributed by atoms with Crippen molar-refractivity contribution in [2.75, 3.05) is 0 Å². The molecule has 0 radical (unpaired) electrons. The van der Waals surface area contributed by atoms with Gasteiger partial charge in [0.2, 0.25) is 0 Å². The second-order valence-electron chi connectivity index (χ2n) is 5.01. The number of hydrogen-bond acceptors (Lipinski definition) is 2. The van der Waals surface area contributed by atoms with Crippen LogP contribution in [-0.4, -0.2) is 14.1 Å². The number of hydrogen-bond donors (Lipinski definition) is 0. The Bertz CT molecular complexity index is 811. The monoisotopic (exact) mass is 255 g/mol. The van der Waals surface area contributed by atoms with Crippen LogP contribution in [0.3, 0.4) is 0 Å². The van der Waals surface area contributed by atoms with Gasteiger partial charge in [0.05, 0.1) is 11.8 Å². The largest absolute Gasteiger partial charge is 0.323 e. The van der Waals surface area contributed by atoms with Crippen molar-refractivity contribution in [2.45, 2.75) is 33.4 Å². The summed E-state index contributed by atoms with van der Waals surface area (Å²) in [5, 5.41) is 1.04. The lowest BCUT2D eigenvalue weighted by Crippen LogP contribution is -2.22. The molecule has 0 saturated heterocycles. The van der Waals surface area contributed by atoms with E-state index in [4.69, 9.17) is 0 Å². The highest BCUT2D eigenvalue weighted by Gasteiger charge is 2.15. The van der Waals surface area contributed by atoms with Gasteiger partial charge in [-0.05, 0) is 26.8 Å². The zero-order chi connectivity index (χ0) is 13.6. The van der Waals surface area contributed by atoms with Gasteiger partial charge in [0, 0.05) is 18.0 Å². The van der Waals surface area contributed by atoms with Crippen LogP contribution in [-0.2, 0) is 6.54 Å².